The van der Waals surface area contributed by atoms with Crippen LogP contribution in [0.25, 0.3) is 0 Å². The van der Waals surface area contributed by atoms with Gasteiger partial charge in [-0.3, -0.25) is 4.99 Å². The molecule has 4 nitrogen and oxygen atoms in total. The fourth-order valence-corrected chi connectivity index (χ4v) is 0.915. The van der Waals surface area contributed by atoms with Gasteiger partial charge in [0.2, 0.25) is 0 Å². The van der Waals surface area contributed by atoms with Gasteiger partial charge >= 0.3 is 0 Å². The van der Waals surface area contributed by atoms with Crippen LogP contribution in [0.5, 0.6) is 0 Å². The molecule has 0 saturated carbocycles. The van der Waals surface area contributed by atoms with Gasteiger partial charge in [0.25, 0.3) is 0 Å². The zero-order valence-electron chi connectivity index (χ0n) is 6.80. The second kappa shape index (κ2) is 4.73. The Kier molecular flexibility index (Phi) is 3.47. The molecular formula is C7H15N4+. The first-order chi connectivity index (χ1) is 5.43. The minimum Gasteiger partial charge on any atom is -0.376 e. The van der Waals surface area contributed by atoms with Gasteiger partial charge in [0.1, 0.15) is 6.67 Å². The van der Waals surface area contributed by atoms with Crippen LogP contribution in [-0.2, 0) is 0 Å². The highest BCUT2D eigenvalue weighted by Gasteiger charge is 1.95. The topological polar surface area (TPSA) is 53.0 Å². The Balaban J connectivity index is 2.43. The first-order valence-corrected chi connectivity index (χ1v) is 3.88. The summed E-state index contributed by atoms with van der Waals surface area (Å²) in [5, 5.41) is 8.32. The van der Waals surface area contributed by atoms with E-state index in [4.69, 9.17) is 0 Å². The van der Waals surface area contributed by atoms with E-state index >= 15 is 0 Å². The van der Waals surface area contributed by atoms with Crippen molar-refractivity contribution >= 4 is 6.34 Å². The van der Waals surface area contributed by atoms with E-state index in [2.05, 4.69) is 27.0 Å². The van der Waals surface area contributed by atoms with Crippen LogP contribution >= 0.6 is 0 Å². The summed E-state index contributed by atoms with van der Waals surface area (Å²) in [4.78, 5) is 4.08. The third-order valence-corrected chi connectivity index (χ3v) is 1.52. The predicted octanol–water partition coefficient (Wildman–Crippen LogP) is -1.41. The fraction of sp³-hybridized carbons (Fsp3) is 0.571. The highest BCUT2D eigenvalue weighted by atomic mass is 15.1. The van der Waals surface area contributed by atoms with E-state index in [9.17, 15) is 0 Å². The van der Waals surface area contributed by atoms with Crippen LogP contribution in [0, 0.1) is 0 Å². The largest absolute Gasteiger partial charge is 0.376 e. The molecule has 0 spiro atoms. The van der Waals surface area contributed by atoms with Crippen molar-refractivity contribution in [3.8, 4) is 0 Å². The van der Waals surface area contributed by atoms with Gasteiger partial charge in [-0.25, -0.2) is 0 Å². The van der Waals surface area contributed by atoms with E-state index in [1.165, 1.54) is 5.82 Å². The van der Waals surface area contributed by atoms with Gasteiger partial charge < -0.3 is 16.0 Å². The number of nitrogens with two attached hydrogens (primary N) is 1. The Bertz CT molecular complexity index is 162. The minimum atomic E-state index is 0.656. The molecule has 1 aliphatic rings. The molecule has 1 aliphatic heterocycles. The van der Waals surface area contributed by atoms with Crippen molar-refractivity contribution in [2.75, 3.05) is 20.3 Å². The summed E-state index contributed by atoms with van der Waals surface area (Å²) in [7, 11) is 2.02. The average Bonchev–Trinajstić information content (AvgIpc) is 2.16. The van der Waals surface area contributed by atoms with Gasteiger partial charge in [-0.15, -0.1) is 0 Å². The molecule has 11 heavy (non-hydrogen) atoms. The molecule has 4 N–H and O–H groups in total. The van der Waals surface area contributed by atoms with Crippen LogP contribution in [0.4, 0.5) is 0 Å². The van der Waals surface area contributed by atoms with Gasteiger partial charge in [0.05, 0.1) is 13.4 Å². The van der Waals surface area contributed by atoms with Crippen LogP contribution in [0.2, 0.25) is 0 Å². The first-order valence-electron chi connectivity index (χ1n) is 3.88. The lowest BCUT2D eigenvalue weighted by molar-refractivity contribution is -0.581. The molecule has 0 aromatic heterocycles. The van der Waals surface area contributed by atoms with Gasteiger partial charge in [-0.2, -0.15) is 0 Å². The van der Waals surface area contributed by atoms with Crippen LogP contribution in [0.1, 0.15) is 6.42 Å². The van der Waals surface area contributed by atoms with E-state index < -0.39 is 0 Å². The number of rotatable bonds is 1. The fourth-order valence-electron chi connectivity index (χ4n) is 0.915. The summed E-state index contributed by atoms with van der Waals surface area (Å²) in [5.41, 5.74) is 0. The maximum absolute atomic E-state index is 4.08. The van der Waals surface area contributed by atoms with Crippen LogP contribution < -0.4 is 16.0 Å². The summed E-state index contributed by atoms with van der Waals surface area (Å²) >= 11 is 0. The molecule has 0 radical (unpaired) electrons. The lowest BCUT2D eigenvalue weighted by Crippen LogP contribution is -2.80. The Morgan fingerprint density at radius 1 is 1.64 bits per heavy atom. The number of nitrogens with one attached hydrogen (secondary N) is 2. The summed E-state index contributed by atoms with van der Waals surface area (Å²) in [6, 6.07) is 0. The summed E-state index contributed by atoms with van der Waals surface area (Å²) < 4.78 is 0. The van der Waals surface area contributed by atoms with E-state index in [-0.39, 0.29) is 0 Å². The number of hydrogen-bond donors (Lipinski definition) is 3. The maximum atomic E-state index is 4.08. The second-order valence-electron chi connectivity index (χ2n) is 2.34. The van der Waals surface area contributed by atoms with Gasteiger partial charge in [-0.05, 0) is 12.5 Å². The Morgan fingerprint density at radius 2 is 2.55 bits per heavy atom. The van der Waals surface area contributed by atoms with E-state index in [0.29, 0.717) is 6.67 Å². The lowest BCUT2D eigenvalue weighted by Gasteiger charge is -2.00. The number of aliphatic imine (C=N–C) groups is 1. The van der Waals surface area contributed by atoms with Crippen molar-refractivity contribution in [1.29, 1.82) is 0 Å². The summed E-state index contributed by atoms with van der Waals surface area (Å²) in [5.74, 6) is 1.17. The maximum Gasteiger partial charge on any atom is 0.195 e. The number of hydrogen-bond acceptors (Lipinski definition) is 3. The van der Waals surface area contributed by atoms with E-state index in [0.717, 1.165) is 13.0 Å². The molecule has 62 valence electrons. The van der Waals surface area contributed by atoms with Crippen LogP contribution in [-0.4, -0.2) is 26.6 Å². The quantitative estimate of drug-likeness (QED) is 0.436. The molecule has 1 heterocycles. The van der Waals surface area contributed by atoms with Crippen molar-refractivity contribution in [3.63, 3.8) is 0 Å². The molecule has 0 aromatic rings. The normalized spacial score (nSPS) is 18.5. The monoisotopic (exact) mass is 155 g/mol. The molecule has 0 aromatic carbocycles. The van der Waals surface area contributed by atoms with Crippen LogP contribution in [0.3, 0.4) is 0 Å². The third kappa shape index (κ3) is 3.04. The van der Waals surface area contributed by atoms with E-state index in [1.54, 1.807) is 6.34 Å². The highest BCUT2D eigenvalue weighted by Crippen LogP contribution is 1.83. The Hall–Kier alpha value is -1.03. The van der Waals surface area contributed by atoms with E-state index in [1.807, 2.05) is 7.05 Å². The molecule has 0 fully saturated rings. The lowest BCUT2D eigenvalue weighted by atomic mass is 10.4. The van der Waals surface area contributed by atoms with Gasteiger partial charge in [0.15, 0.2) is 5.82 Å². The highest BCUT2D eigenvalue weighted by molar-refractivity contribution is 5.54. The van der Waals surface area contributed by atoms with Crippen molar-refractivity contribution in [1.82, 2.24) is 10.6 Å². The Labute approximate surface area is 66.8 Å². The summed E-state index contributed by atoms with van der Waals surface area (Å²) in [6.45, 7) is 1.62. The minimum absolute atomic E-state index is 0.656. The zero-order chi connectivity index (χ0) is 7.94. The molecule has 0 unspecified atom stereocenters. The standard InChI is InChI=1S/C7H14N4/c1-8-7-3-2-4-9-5-10-6-11-7/h3,5,8,11H,2,4,6H2,1H3,(H,9,10)/p+1. The molecule has 0 atom stereocenters. The van der Waals surface area contributed by atoms with Gasteiger partial charge in [-0.1, -0.05) is 0 Å². The van der Waals surface area contributed by atoms with Gasteiger partial charge in [0, 0.05) is 6.54 Å². The Morgan fingerprint density at radius 3 is 3.36 bits per heavy atom. The second-order valence-corrected chi connectivity index (χ2v) is 2.34. The molecular weight excluding hydrogens is 140 g/mol. The molecule has 0 saturated heterocycles. The van der Waals surface area contributed by atoms with Crippen molar-refractivity contribution in [2.24, 2.45) is 4.99 Å². The first kappa shape index (κ1) is 8.07. The van der Waals surface area contributed by atoms with Crippen molar-refractivity contribution < 1.29 is 5.32 Å². The predicted molar refractivity (Wildman–Crippen MR) is 45.0 cm³/mol. The molecule has 1 rings (SSSR count). The molecule has 4 heteroatoms. The molecule has 0 bridgehead atoms. The smallest absolute Gasteiger partial charge is 0.195 e. The number of nitrogens with zero attached hydrogens (tertiary/aromatic N) is 1. The zero-order valence-corrected chi connectivity index (χ0v) is 6.80. The molecule has 0 aliphatic carbocycles. The average molecular weight is 155 g/mol. The van der Waals surface area contributed by atoms with Crippen molar-refractivity contribution in [3.05, 3.63) is 11.9 Å². The number of quaternary nitrogens is 1. The third-order valence-electron chi connectivity index (χ3n) is 1.52. The van der Waals surface area contributed by atoms with Crippen LogP contribution in [0.15, 0.2) is 16.9 Å². The van der Waals surface area contributed by atoms with Crippen molar-refractivity contribution in [2.45, 2.75) is 6.42 Å². The SMILES string of the molecule is C[NH2+]C1=CCCNC=NCN1. The summed E-state index contributed by atoms with van der Waals surface area (Å²) in [6.07, 6.45) is 4.96. The molecule has 0 amide bonds.